The van der Waals surface area contributed by atoms with E-state index in [9.17, 15) is 13.5 Å². The summed E-state index contributed by atoms with van der Waals surface area (Å²) < 4.78 is 24.5. The van der Waals surface area contributed by atoms with Crippen molar-refractivity contribution in [2.24, 2.45) is 5.92 Å². The van der Waals surface area contributed by atoms with Crippen molar-refractivity contribution in [3.63, 3.8) is 0 Å². The monoisotopic (exact) mass is 325 g/mol. The van der Waals surface area contributed by atoms with E-state index in [4.69, 9.17) is 0 Å². The molecule has 0 saturated heterocycles. The van der Waals surface area contributed by atoms with E-state index in [0.717, 1.165) is 28.6 Å². The van der Waals surface area contributed by atoms with Crippen molar-refractivity contribution in [1.82, 2.24) is 4.98 Å². The minimum Gasteiger partial charge on any atom is -0.388 e. The van der Waals surface area contributed by atoms with Crippen LogP contribution in [-0.2, 0) is 9.84 Å². The lowest BCUT2D eigenvalue weighted by Gasteiger charge is -2.31. The van der Waals surface area contributed by atoms with E-state index in [1.807, 2.05) is 17.5 Å². The second kappa shape index (κ2) is 5.66. The van der Waals surface area contributed by atoms with Gasteiger partial charge in [0, 0.05) is 18.0 Å². The molecule has 2 aromatic rings. The van der Waals surface area contributed by atoms with Gasteiger partial charge < -0.3 is 5.11 Å². The maximum Gasteiger partial charge on any atom is 0.150 e. The van der Waals surface area contributed by atoms with Crippen molar-refractivity contribution in [2.75, 3.05) is 6.26 Å². The van der Waals surface area contributed by atoms with E-state index in [2.05, 4.69) is 4.98 Å². The molecule has 1 aliphatic carbocycles. The number of pyridine rings is 1. The summed E-state index contributed by atoms with van der Waals surface area (Å²) >= 11 is 1.60. The molecule has 1 aliphatic rings. The number of hydrogen-bond donors (Lipinski definition) is 1. The fraction of sp³-hybridized carbons (Fsp3) is 0.533. The highest BCUT2D eigenvalue weighted by molar-refractivity contribution is 7.91. The quantitative estimate of drug-likeness (QED) is 0.942. The standard InChI is InChI=1S/C15H19NO3S2/c1-21(18,19)12-4-2-3-10(7-12)15(17)11-8-14-13(16-9-11)5-6-20-14/h5-6,8-10,12,15,17H,2-4,7H2,1H3. The number of sulfone groups is 1. The fourth-order valence-electron chi connectivity index (χ4n) is 3.15. The van der Waals surface area contributed by atoms with Crippen LogP contribution in [0.1, 0.15) is 37.4 Å². The van der Waals surface area contributed by atoms with Gasteiger partial charge in [-0.05, 0) is 42.7 Å². The number of fused-ring (bicyclic) bond motifs is 1. The van der Waals surface area contributed by atoms with Gasteiger partial charge in [0.25, 0.3) is 0 Å². The Labute approximate surface area is 128 Å². The molecule has 2 aromatic heterocycles. The van der Waals surface area contributed by atoms with Gasteiger partial charge in [0.2, 0.25) is 0 Å². The molecular formula is C15H19NO3S2. The van der Waals surface area contributed by atoms with Gasteiger partial charge in [-0.15, -0.1) is 11.3 Å². The number of thiophene rings is 1. The molecule has 1 fully saturated rings. The molecule has 4 nitrogen and oxygen atoms in total. The number of aliphatic hydroxyl groups excluding tert-OH is 1. The van der Waals surface area contributed by atoms with Crippen molar-refractivity contribution < 1.29 is 13.5 Å². The van der Waals surface area contributed by atoms with Crippen molar-refractivity contribution >= 4 is 31.4 Å². The molecule has 3 atom stereocenters. The van der Waals surface area contributed by atoms with Gasteiger partial charge in [0.05, 0.1) is 21.6 Å². The Balaban J connectivity index is 1.82. The molecule has 1 saturated carbocycles. The molecule has 6 heteroatoms. The molecule has 0 spiro atoms. The van der Waals surface area contributed by atoms with Gasteiger partial charge in [0.1, 0.15) is 9.84 Å². The van der Waals surface area contributed by atoms with Gasteiger partial charge in [-0.1, -0.05) is 6.42 Å². The minimum atomic E-state index is -3.02. The van der Waals surface area contributed by atoms with Crippen molar-refractivity contribution in [1.29, 1.82) is 0 Å². The van der Waals surface area contributed by atoms with Gasteiger partial charge in [0.15, 0.2) is 0 Å². The third-order valence-corrected chi connectivity index (χ3v) is 6.88. The molecule has 3 unspecified atom stereocenters. The van der Waals surface area contributed by atoms with Crippen molar-refractivity contribution in [3.8, 4) is 0 Å². The molecule has 0 bridgehead atoms. The molecule has 2 heterocycles. The second-order valence-corrected chi connectivity index (χ2v) is 9.17. The number of aliphatic hydroxyl groups is 1. The molecule has 114 valence electrons. The third-order valence-electron chi connectivity index (χ3n) is 4.38. The number of rotatable bonds is 3. The summed E-state index contributed by atoms with van der Waals surface area (Å²) in [7, 11) is -3.02. The van der Waals surface area contributed by atoms with E-state index in [0.29, 0.717) is 12.8 Å². The lowest BCUT2D eigenvalue weighted by molar-refractivity contribution is 0.0856. The van der Waals surface area contributed by atoms with E-state index in [1.165, 1.54) is 6.26 Å². The zero-order chi connectivity index (χ0) is 15.0. The molecule has 0 amide bonds. The number of hydrogen-bond acceptors (Lipinski definition) is 5. The average molecular weight is 325 g/mol. The van der Waals surface area contributed by atoms with Crippen LogP contribution in [0.4, 0.5) is 0 Å². The molecule has 0 radical (unpaired) electrons. The highest BCUT2D eigenvalue weighted by Crippen LogP contribution is 2.37. The highest BCUT2D eigenvalue weighted by atomic mass is 32.2. The van der Waals surface area contributed by atoms with Gasteiger partial charge in [-0.25, -0.2) is 8.42 Å². The molecule has 0 aliphatic heterocycles. The third kappa shape index (κ3) is 3.12. The first-order valence-corrected chi connectivity index (χ1v) is 9.98. The lowest BCUT2D eigenvalue weighted by Crippen LogP contribution is -2.30. The first kappa shape index (κ1) is 14.9. The normalized spacial score (nSPS) is 25.0. The van der Waals surface area contributed by atoms with E-state index in [-0.39, 0.29) is 11.2 Å². The minimum absolute atomic E-state index is 0.00214. The van der Waals surface area contributed by atoms with E-state index < -0.39 is 15.9 Å². The maximum atomic E-state index is 11.7. The first-order valence-electron chi connectivity index (χ1n) is 7.15. The maximum absolute atomic E-state index is 11.7. The Hall–Kier alpha value is -0.980. The predicted octanol–water partition coefficient (Wildman–Crippen LogP) is 2.93. The summed E-state index contributed by atoms with van der Waals surface area (Å²) in [5, 5.41) is 12.3. The van der Waals surface area contributed by atoms with Gasteiger partial charge >= 0.3 is 0 Å². The van der Waals surface area contributed by atoms with Crippen LogP contribution in [0.25, 0.3) is 10.2 Å². The average Bonchev–Trinajstić information content (AvgIpc) is 2.93. The fourth-order valence-corrected chi connectivity index (χ4v) is 5.13. The SMILES string of the molecule is CS(=O)(=O)C1CCCC(C(O)c2cnc3ccsc3c2)C1. The van der Waals surface area contributed by atoms with E-state index in [1.54, 1.807) is 17.5 Å². The summed E-state index contributed by atoms with van der Waals surface area (Å²) in [6.07, 6.45) is 5.36. The number of nitrogens with zero attached hydrogens (tertiary/aromatic N) is 1. The predicted molar refractivity (Wildman–Crippen MR) is 85.2 cm³/mol. The Morgan fingerprint density at radius 1 is 1.43 bits per heavy atom. The van der Waals surface area contributed by atoms with Crippen LogP contribution in [0.15, 0.2) is 23.7 Å². The second-order valence-electron chi connectivity index (χ2n) is 5.90. The van der Waals surface area contributed by atoms with Gasteiger partial charge in [-0.3, -0.25) is 4.98 Å². The Kier molecular flexibility index (Phi) is 4.03. The topological polar surface area (TPSA) is 67.3 Å². The molecule has 1 N–H and O–H groups in total. The zero-order valence-electron chi connectivity index (χ0n) is 11.9. The lowest BCUT2D eigenvalue weighted by atomic mass is 9.83. The van der Waals surface area contributed by atoms with Crippen LogP contribution < -0.4 is 0 Å². The van der Waals surface area contributed by atoms with Crippen LogP contribution in [0, 0.1) is 5.92 Å². The Bertz CT molecular complexity index is 738. The largest absolute Gasteiger partial charge is 0.388 e. The van der Waals surface area contributed by atoms with Crippen LogP contribution in [0.3, 0.4) is 0 Å². The highest BCUT2D eigenvalue weighted by Gasteiger charge is 2.33. The van der Waals surface area contributed by atoms with Crippen molar-refractivity contribution in [3.05, 3.63) is 29.3 Å². The summed E-state index contributed by atoms with van der Waals surface area (Å²) in [5.74, 6) is -0.00214. The van der Waals surface area contributed by atoms with E-state index >= 15 is 0 Å². The summed E-state index contributed by atoms with van der Waals surface area (Å²) in [5.41, 5.74) is 1.73. The smallest absolute Gasteiger partial charge is 0.150 e. The summed E-state index contributed by atoms with van der Waals surface area (Å²) in [6, 6.07) is 3.93. The molecule has 3 rings (SSSR count). The Morgan fingerprint density at radius 3 is 3.00 bits per heavy atom. The molecule has 21 heavy (non-hydrogen) atoms. The molecular weight excluding hydrogens is 306 g/mol. The van der Waals surface area contributed by atoms with Crippen LogP contribution in [0.5, 0.6) is 0 Å². The molecule has 0 aromatic carbocycles. The van der Waals surface area contributed by atoms with Gasteiger partial charge in [-0.2, -0.15) is 0 Å². The first-order chi connectivity index (χ1) is 9.95. The Morgan fingerprint density at radius 2 is 2.24 bits per heavy atom. The van der Waals surface area contributed by atoms with Crippen LogP contribution in [-0.4, -0.2) is 30.0 Å². The summed E-state index contributed by atoms with van der Waals surface area (Å²) in [6.45, 7) is 0. The number of aromatic nitrogens is 1. The van der Waals surface area contributed by atoms with Crippen LogP contribution >= 0.6 is 11.3 Å². The van der Waals surface area contributed by atoms with Crippen LogP contribution in [0.2, 0.25) is 0 Å². The zero-order valence-corrected chi connectivity index (χ0v) is 13.5. The summed E-state index contributed by atoms with van der Waals surface area (Å²) in [4.78, 5) is 4.36. The van der Waals surface area contributed by atoms with Crippen molar-refractivity contribution in [2.45, 2.75) is 37.0 Å².